The zero-order valence-corrected chi connectivity index (χ0v) is 11.2. The van der Waals surface area contributed by atoms with Gasteiger partial charge in [0, 0.05) is 18.5 Å². The van der Waals surface area contributed by atoms with Gasteiger partial charge in [-0.25, -0.2) is 0 Å². The fourth-order valence-electron chi connectivity index (χ4n) is 3.26. The lowest BCUT2D eigenvalue weighted by Crippen LogP contribution is -2.56. The molecular formula is C16H19NO2. The fourth-order valence-corrected chi connectivity index (χ4v) is 3.26. The van der Waals surface area contributed by atoms with Gasteiger partial charge in [-0.3, -0.25) is 9.69 Å². The minimum atomic E-state index is -0.117. The van der Waals surface area contributed by atoms with Gasteiger partial charge in [-0.05, 0) is 18.4 Å². The molecule has 3 nitrogen and oxygen atoms in total. The van der Waals surface area contributed by atoms with Crippen LogP contribution in [0.4, 0.5) is 0 Å². The Labute approximate surface area is 113 Å². The van der Waals surface area contributed by atoms with Crippen molar-refractivity contribution in [3.63, 3.8) is 0 Å². The van der Waals surface area contributed by atoms with E-state index in [1.165, 1.54) is 12.7 Å². The van der Waals surface area contributed by atoms with Crippen molar-refractivity contribution in [2.45, 2.75) is 31.5 Å². The van der Waals surface area contributed by atoms with Crippen LogP contribution in [-0.2, 0) is 16.1 Å². The third kappa shape index (κ3) is 2.30. The number of esters is 1. The van der Waals surface area contributed by atoms with Gasteiger partial charge in [0.15, 0.2) is 0 Å². The van der Waals surface area contributed by atoms with Crippen molar-refractivity contribution in [3.8, 4) is 0 Å². The lowest BCUT2D eigenvalue weighted by Gasteiger charge is -2.46. The minimum Gasteiger partial charge on any atom is -0.468 e. The summed E-state index contributed by atoms with van der Waals surface area (Å²) in [6.45, 7) is 0.812. The summed E-state index contributed by atoms with van der Waals surface area (Å²) in [4.78, 5) is 14.3. The number of piperidine rings is 1. The predicted molar refractivity (Wildman–Crippen MR) is 73.4 cm³/mol. The SMILES string of the molecule is COC(=O)[C@H]1[C@H]2C=C[C@@H](CC2)N1Cc1ccccc1. The highest BCUT2D eigenvalue weighted by Gasteiger charge is 2.43. The minimum absolute atomic E-state index is 0.102. The summed E-state index contributed by atoms with van der Waals surface area (Å²) < 4.78 is 5.00. The van der Waals surface area contributed by atoms with E-state index in [9.17, 15) is 4.79 Å². The molecule has 2 heterocycles. The highest BCUT2D eigenvalue weighted by Crippen LogP contribution is 2.36. The summed E-state index contributed by atoms with van der Waals surface area (Å²) in [5.74, 6) is 0.205. The number of methoxy groups -OCH3 is 1. The summed E-state index contributed by atoms with van der Waals surface area (Å²) in [6, 6.07) is 10.6. The number of hydrogen-bond donors (Lipinski definition) is 0. The summed E-state index contributed by atoms with van der Waals surface area (Å²) in [5.41, 5.74) is 1.25. The van der Waals surface area contributed by atoms with E-state index in [0.29, 0.717) is 12.0 Å². The van der Waals surface area contributed by atoms with Gasteiger partial charge in [0.1, 0.15) is 6.04 Å². The molecule has 3 heteroatoms. The van der Waals surface area contributed by atoms with Gasteiger partial charge in [0.2, 0.25) is 0 Å². The maximum absolute atomic E-state index is 12.1. The topological polar surface area (TPSA) is 29.5 Å². The van der Waals surface area contributed by atoms with E-state index in [2.05, 4.69) is 29.2 Å². The van der Waals surface area contributed by atoms with E-state index in [4.69, 9.17) is 4.74 Å². The standard InChI is InChI=1S/C16H19NO2/c1-19-16(18)15-13-7-9-14(10-8-13)17(15)11-12-5-3-2-4-6-12/h2-7,9,13-15H,8,10-11H2,1H3/t13-,14-,15+/m0/s1. The van der Waals surface area contributed by atoms with Crippen molar-refractivity contribution in [2.75, 3.05) is 7.11 Å². The predicted octanol–water partition coefficient (Wildman–Crippen LogP) is 2.38. The third-order valence-corrected chi connectivity index (χ3v) is 4.22. The maximum atomic E-state index is 12.1. The van der Waals surface area contributed by atoms with Crippen molar-refractivity contribution >= 4 is 5.97 Å². The first-order chi connectivity index (χ1) is 9.29. The van der Waals surface area contributed by atoms with Crippen LogP contribution in [0.1, 0.15) is 18.4 Å². The number of nitrogens with zero attached hydrogens (tertiary/aromatic N) is 1. The monoisotopic (exact) mass is 257 g/mol. The van der Waals surface area contributed by atoms with Crippen LogP contribution in [0, 0.1) is 5.92 Å². The molecular weight excluding hydrogens is 238 g/mol. The van der Waals surface area contributed by atoms with Gasteiger partial charge in [0.05, 0.1) is 7.11 Å². The van der Waals surface area contributed by atoms with Crippen LogP contribution in [0.15, 0.2) is 42.5 Å². The molecule has 1 fully saturated rings. The van der Waals surface area contributed by atoms with E-state index >= 15 is 0 Å². The molecule has 2 aliphatic heterocycles. The normalized spacial score (nSPS) is 29.4. The van der Waals surface area contributed by atoms with Crippen LogP contribution in [-0.4, -0.2) is 30.1 Å². The Kier molecular flexibility index (Phi) is 3.38. The summed E-state index contributed by atoms with van der Waals surface area (Å²) >= 11 is 0. The molecule has 0 saturated carbocycles. The number of ether oxygens (including phenoxy) is 1. The molecule has 0 N–H and O–H groups in total. The van der Waals surface area contributed by atoms with Crippen molar-refractivity contribution in [1.29, 1.82) is 0 Å². The highest BCUT2D eigenvalue weighted by molar-refractivity contribution is 5.77. The van der Waals surface area contributed by atoms with E-state index < -0.39 is 0 Å². The number of hydrogen-bond acceptors (Lipinski definition) is 3. The first-order valence-corrected chi connectivity index (χ1v) is 6.85. The zero-order chi connectivity index (χ0) is 13.2. The number of benzene rings is 1. The molecule has 1 aromatic rings. The van der Waals surface area contributed by atoms with Crippen molar-refractivity contribution in [3.05, 3.63) is 48.0 Å². The molecule has 19 heavy (non-hydrogen) atoms. The molecule has 0 amide bonds. The second kappa shape index (κ2) is 5.17. The van der Waals surface area contributed by atoms with Gasteiger partial charge in [-0.2, -0.15) is 0 Å². The highest BCUT2D eigenvalue weighted by atomic mass is 16.5. The van der Waals surface area contributed by atoms with Crippen LogP contribution in [0.5, 0.6) is 0 Å². The van der Waals surface area contributed by atoms with Gasteiger partial charge >= 0.3 is 5.97 Å². The number of carbonyl (C=O) groups is 1. The first-order valence-electron chi connectivity index (χ1n) is 6.85. The molecule has 3 atom stereocenters. The lowest BCUT2D eigenvalue weighted by molar-refractivity contribution is -0.152. The Morgan fingerprint density at radius 2 is 2.05 bits per heavy atom. The van der Waals surface area contributed by atoms with Crippen molar-refractivity contribution < 1.29 is 9.53 Å². The molecule has 0 unspecified atom stereocenters. The molecule has 1 aliphatic carbocycles. The van der Waals surface area contributed by atoms with Gasteiger partial charge in [-0.1, -0.05) is 42.5 Å². The van der Waals surface area contributed by atoms with Crippen molar-refractivity contribution in [2.24, 2.45) is 5.92 Å². The fraction of sp³-hybridized carbons (Fsp3) is 0.438. The molecule has 0 aromatic heterocycles. The molecule has 1 aromatic carbocycles. The van der Waals surface area contributed by atoms with E-state index in [1.54, 1.807) is 0 Å². The molecule has 0 spiro atoms. The Hall–Kier alpha value is -1.61. The van der Waals surface area contributed by atoms with E-state index in [0.717, 1.165) is 19.4 Å². The summed E-state index contributed by atoms with van der Waals surface area (Å²) in [6.07, 6.45) is 6.67. The summed E-state index contributed by atoms with van der Waals surface area (Å²) in [7, 11) is 1.48. The molecule has 2 bridgehead atoms. The van der Waals surface area contributed by atoms with Crippen LogP contribution >= 0.6 is 0 Å². The third-order valence-electron chi connectivity index (χ3n) is 4.22. The maximum Gasteiger partial charge on any atom is 0.323 e. The largest absolute Gasteiger partial charge is 0.468 e. The Balaban J connectivity index is 1.85. The number of rotatable bonds is 3. The quantitative estimate of drug-likeness (QED) is 0.615. The van der Waals surface area contributed by atoms with E-state index in [-0.39, 0.29) is 12.0 Å². The average molecular weight is 257 g/mol. The second-order valence-electron chi connectivity index (χ2n) is 5.32. The van der Waals surface area contributed by atoms with Gasteiger partial charge in [-0.15, -0.1) is 0 Å². The van der Waals surface area contributed by atoms with E-state index in [1.807, 2.05) is 18.2 Å². The summed E-state index contributed by atoms with van der Waals surface area (Å²) in [5, 5.41) is 0. The van der Waals surface area contributed by atoms with Crippen LogP contribution in [0.3, 0.4) is 0 Å². The smallest absolute Gasteiger partial charge is 0.323 e. The number of carbonyl (C=O) groups excluding carboxylic acids is 1. The van der Waals surface area contributed by atoms with Gasteiger partial charge in [0.25, 0.3) is 0 Å². The Morgan fingerprint density at radius 1 is 1.26 bits per heavy atom. The lowest BCUT2D eigenvalue weighted by atomic mass is 9.79. The molecule has 4 rings (SSSR count). The Morgan fingerprint density at radius 3 is 2.68 bits per heavy atom. The van der Waals surface area contributed by atoms with Crippen LogP contribution < -0.4 is 0 Å². The second-order valence-corrected chi connectivity index (χ2v) is 5.32. The Bertz CT molecular complexity index is 483. The van der Waals surface area contributed by atoms with Crippen LogP contribution in [0.2, 0.25) is 0 Å². The molecule has 0 radical (unpaired) electrons. The number of fused-ring (bicyclic) bond motifs is 2. The first kappa shape index (κ1) is 12.4. The molecule has 1 saturated heterocycles. The van der Waals surface area contributed by atoms with Gasteiger partial charge < -0.3 is 4.74 Å². The van der Waals surface area contributed by atoms with Crippen LogP contribution in [0.25, 0.3) is 0 Å². The molecule has 100 valence electrons. The average Bonchev–Trinajstić information content (AvgIpc) is 2.49. The zero-order valence-electron chi connectivity index (χ0n) is 11.2. The molecule has 3 aliphatic rings. The van der Waals surface area contributed by atoms with Crippen molar-refractivity contribution in [1.82, 2.24) is 4.90 Å².